The van der Waals surface area contributed by atoms with Crippen molar-refractivity contribution in [2.75, 3.05) is 12.4 Å². The third-order valence-electron chi connectivity index (χ3n) is 5.53. The van der Waals surface area contributed by atoms with Crippen molar-refractivity contribution in [3.63, 3.8) is 0 Å². The van der Waals surface area contributed by atoms with Gasteiger partial charge in [0.05, 0.1) is 22.0 Å². The molecule has 39 heavy (non-hydrogen) atoms. The number of hydrogen-bond acceptors (Lipinski definition) is 8. The molecule has 0 atom stereocenters. The molecule has 0 fully saturated rings. The number of nitrogens with one attached hydrogen (secondary N) is 2. The van der Waals surface area contributed by atoms with Gasteiger partial charge < -0.3 is 10.6 Å². The van der Waals surface area contributed by atoms with Gasteiger partial charge in [0.2, 0.25) is 5.82 Å². The smallest absolute Gasteiger partial charge is 0.307 e. The summed E-state index contributed by atoms with van der Waals surface area (Å²) in [5.41, 5.74) is 1.20. The van der Waals surface area contributed by atoms with Crippen LogP contribution in [0.15, 0.2) is 36.5 Å². The second-order valence-electron chi connectivity index (χ2n) is 8.58. The lowest BCUT2D eigenvalue weighted by Gasteiger charge is -2.15. The Bertz CT molecular complexity index is 1590. The van der Waals surface area contributed by atoms with Crippen molar-refractivity contribution >= 4 is 34.9 Å². The van der Waals surface area contributed by atoms with Crippen molar-refractivity contribution in [3.8, 4) is 5.82 Å². The van der Waals surface area contributed by atoms with E-state index >= 15 is 0 Å². The van der Waals surface area contributed by atoms with Crippen LogP contribution in [-0.4, -0.2) is 59.6 Å². The number of ketones is 1. The molecule has 0 aliphatic rings. The van der Waals surface area contributed by atoms with E-state index < -0.39 is 23.6 Å². The number of nitrogens with zero attached hydrogens (tertiary/aromatic N) is 7. The summed E-state index contributed by atoms with van der Waals surface area (Å²) in [6.45, 7) is 3.46. The molecule has 12 nitrogen and oxygen atoms in total. The van der Waals surface area contributed by atoms with Gasteiger partial charge in [0.1, 0.15) is 12.2 Å². The van der Waals surface area contributed by atoms with Crippen molar-refractivity contribution in [2.45, 2.75) is 33.2 Å². The van der Waals surface area contributed by atoms with Crippen molar-refractivity contribution in [3.05, 3.63) is 75.5 Å². The van der Waals surface area contributed by atoms with Gasteiger partial charge in [-0.1, -0.05) is 11.6 Å². The Hall–Kier alpha value is -4.59. The number of pyridine rings is 1. The number of carbonyl (C=O) groups is 3. The third-order valence-corrected chi connectivity index (χ3v) is 5.83. The number of tetrazole rings is 1. The van der Waals surface area contributed by atoms with Crippen LogP contribution in [0.4, 0.5) is 14.5 Å². The first-order valence-corrected chi connectivity index (χ1v) is 11.8. The van der Waals surface area contributed by atoms with E-state index in [-0.39, 0.29) is 45.8 Å². The predicted molar refractivity (Wildman–Crippen MR) is 135 cm³/mol. The van der Waals surface area contributed by atoms with Gasteiger partial charge in [-0.25, -0.2) is 9.67 Å². The van der Waals surface area contributed by atoms with Crippen LogP contribution in [0.1, 0.15) is 62.1 Å². The standard InChI is InChI=1S/C24H22ClF2N9O3/c1-12-8-14(13(2)37)9-16(21(38)28-4)19(12)30-22(39)18-10-15(11-35-33-23(31-34-35)24(3,26)27)32-36(18)20-17(25)6-5-7-29-20/h5-10H,11H2,1-4H3,(H,28,38)(H,30,39). The maximum atomic E-state index is 13.6. The van der Waals surface area contributed by atoms with Crippen LogP contribution < -0.4 is 10.6 Å². The molecule has 2 N–H and O–H groups in total. The first-order chi connectivity index (χ1) is 18.4. The van der Waals surface area contributed by atoms with E-state index in [1.165, 1.54) is 37.0 Å². The number of alkyl halides is 2. The van der Waals surface area contributed by atoms with E-state index in [0.717, 1.165) is 4.80 Å². The zero-order valence-corrected chi connectivity index (χ0v) is 21.9. The molecule has 0 spiro atoms. The highest BCUT2D eigenvalue weighted by atomic mass is 35.5. The highest BCUT2D eigenvalue weighted by molar-refractivity contribution is 6.32. The third kappa shape index (κ3) is 5.80. The Morgan fingerprint density at radius 1 is 1.13 bits per heavy atom. The summed E-state index contributed by atoms with van der Waals surface area (Å²) in [6, 6.07) is 7.47. The molecule has 4 rings (SSSR count). The van der Waals surface area contributed by atoms with Crippen LogP contribution in [0.25, 0.3) is 5.82 Å². The Balaban J connectivity index is 1.76. The molecule has 0 saturated carbocycles. The molecule has 0 aliphatic heterocycles. The van der Waals surface area contributed by atoms with Gasteiger partial charge in [-0.3, -0.25) is 14.4 Å². The number of amides is 2. The van der Waals surface area contributed by atoms with E-state index in [9.17, 15) is 23.2 Å². The minimum atomic E-state index is -3.29. The van der Waals surface area contributed by atoms with Crippen LogP contribution in [0.5, 0.6) is 0 Å². The number of Topliss-reactive ketones (excluding diaryl/α,β-unsaturated/α-hetero) is 1. The van der Waals surface area contributed by atoms with Gasteiger partial charge in [-0.05, 0) is 55.0 Å². The van der Waals surface area contributed by atoms with Crippen LogP contribution >= 0.6 is 11.6 Å². The quantitative estimate of drug-likeness (QED) is 0.314. The lowest BCUT2D eigenvalue weighted by atomic mass is 10.0. The number of aryl methyl sites for hydroxylation is 1. The second kappa shape index (κ2) is 10.6. The molecule has 0 radical (unpaired) electrons. The number of hydrogen-bond donors (Lipinski definition) is 2. The van der Waals surface area contributed by atoms with Crippen molar-refractivity contribution in [1.29, 1.82) is 0 Å². The molecule has 3 aromatic heterocycles. The van der Waals surface area contributed by atoms with Crippen molar-refractivity contribution < 1.29 is 23.2 Å². The average molecular weight is 558 g/mol. The zero-order chi connectivity index (χ0) is 28.5. The molecule has 202 valence electrons. The molecule has 15 heteroatoms. The van der Waals surface area contributed by atoms with E-state index in [1.54, 1.807) is 25.1 Å². The van der Waals surface area contributed by atoms with E-state index in [0.29, 0.717) is 18.1 Å². The van der Waals surface area contributed by atoms with E-state index in [2.05, 4.69) is 36.1 Å². The van der Waals surface area contributed by atoms with Gasteiger partial charge in [0.15, 0.2) is 11.6 Å². The first-order valence-electron chi connectivity index (χ1n) is 11.4. The molecular formula is C24H22ClF2N9O3. The Kier molecular flexibility index (Phi) is 7.49. The minimum Gasteiger partial charge on any atom is -0.355 e. The van der Waals surface area contributed by atoms with Crippen LogP contribution in [-0.2, 0) is 12.5 Å². The van der Waals surface area contributed by atoms with E-state index in [4.69, 9.17) is 11.6 Å². The summed E-state index contributed by atoms with van der Waals surface area (Å²) < 4.78 is 28.3. The van der Waals surface area contributed by atoms with Crippen LogP contribution in [0.2, 0.25) is 5.02 Å². The summed E-state index contributed by atoms with van der Waals surface area (Å²) in [5.74, 6) is -5.38. The number of benzene rings is 1. The SMILES string of the molecule is CNC(=O)c1cc(C(C)=O)cc(C)c1NC(=O)c1cc(Cn2nnc(C(C)(F)F)n2)nn1-c1ncccc1Cl. The fourth-order valence-electron chi connectivity index (χ4n) is 3.64. The number of carbonyl (C=O) groups excluding carboxylic acids is 3. The highest BCUT2D eigenvalue weighted by Crippen LogP contribution is 2.26. The summed E-state index contributed by atoms with van der Waals surface area (Å²) in [5, 5.41) is 20.4. The van der Waals surface area contributed by atoms with E-state index in [1.807, 2.05) is 0 Å². The van der Waals surface area contributed by atoms with Crippen LogP contribution in [0.3, 0.4) is 0 Å². The van der Waals surface area contributed by atoms with Crippen LogP contribution in [0, 0.1) is 6.92 Å². The molecule has 1 aromatic carbocycles. The fraction of sp³-hybridized carbons (Fsp3) is 0.250. The highest BCUT2D eigenvalue weighted by Gasteiger charge is 2.31. The number of rotatable bonds is 8. The second-order valence-corrected chi connectivity index (χ2v) is 8.99. The molecule has 2 amide bonds. The minimum absolute atomic E-state index is 0.0374. The largest absolute Gasteiger partial charge is 0.355 e. The average Bonchev–Trinajstić information content (AvgIpc) is 3.52. The first kappa shape index (κ1) is 27.4. The number of anilines is 1. The van der Waals surface area contributed by atoms with Gasteiger partial charge in [0.25, 0.3) is 11.8 Å². The topological polar surface area (TPSA) is 150 Å². The molecule has 4 aromatic rings. The van der Waals surface area contributed by atoms with Gasteiger partial charge in [-0.2, -0.15) is 18.7 Å². The molecule has 0 unspecified atom stereocenters. The maximum Gasteiger partial charge on any atom is 0.307 e. The lowest BCUT2D eigenvalue weighted by Crippen LogP contribution is -2.24. The van der Waals surface area contributed by atoms with Gasteiger partial charge in [0, 0.05) is 25.7 Å². The molecule has 3 heterocycles. The summed E-state index contributed by atoms with van der Waals surface area (Å²) in [7, 11) is 1.42. The monoisotopic (exact) mass is 557 g/mol. The molecule has 0 bridgehead atoms. The van der Waals surface area contributed by atoms with Gasteiger partial charge >= 0.3 is 5.92 Å². The summed E-state index contributed by atoms with van der Waals surface area (Å²) >= 11 is 6.31. The Morgan fingerprint density at radius 3 is 2.49 bits per heavy atom. The Labute approximate surface area is 225 Å². The zero-order valence-electron chi connectivity index (χ0n) is 21.2. The van der Waals surface area contributed by atoms with Crippen molar-refractivity contribution in [1.82, 2.24) is 40.3 Å². The maximum absolute atomic E-state index is 13.6. The Morgan fingerprint density at radius 2 is 1.87 bits per heavy atom. The van der Waals surface area contributed by atoms with Crippen molar-refractivity contribution in [2.24, 2.45) is 0 Å². The summed E-state index contributed by atoms with van der Waals surface area (Å²) in [4.78, 5) is 43.2. The molecule has 0 saturated heterocycles. The number of aromatic nitrogens is 7. The summed E-state index contributed by atoms with van der Waals surface area (Å²) in [6.07, 6.45) is 1.45. The lowest BCUT2D eigenvalue weighted by molar-refractivity contribution is 0.00737. The molecular weight excluding hydrogens is 536 g/mol. The number of halogens is 3. The van der Waals surface area contributed by atoms with Gasteiger partial charge in [-0.15, -0.1) is 10.2 Å². The fourth-order valence-corrected chi connectivity index (χ4v) is 3.84. The predicted octanol–water partition coefficient (Wildman–Crippen LogP) is 3.19. The normalized spacial score (nSPS) is 11.4. The molecule has 0 aliphatic carbocycles.